The van der Waals surface area contributed by atoms with E-state index in [1.807, 2.05) is 37.3 Å². The molecular weight excluding hydrogens is 262 g/mol. The molecule has 3 nitrogen and oxygen atoms in total. The fraction of sp³-hybridized carbons (Fsp3) is 0.611. The van der Waals surface area contributed by atoms with Gasteiger partial charge in [0, 0.05) is 12.6 Å². The summed E-state index contributed by atoms with van der Waals surface area (Å²) in [6, 6.07) is 10.5. The third kappa shape index (κ3) is 4.57. The van der Waals surface area contributed by atoms with Crippen LogP contribution in [0.15, 0.2) is 30.3 Å². The minimum atomic E-state index is -0.0896. The molecule has 2 atom stereocenters. The molecule has 0 aliphatic carbocycles. The number of carbonyl (C=O) groups is 1. The van der Waals surface area contributed by atoms with Crippen LogP contribution in [-0.4, -0.2) is 30.0 Å². The SMILES string of the molecule is CC(CN1CCCC1C(C)C)C(=O)OCc1ccccc1. The van der Waals surface area contributed by atoms with Crippen molar-refractivity contribution in [2.75, 3.05) is 13.1 Å². The highest BCUT2D eigenvalue weighted by atomic mass is 16.5. The van der Waals surface area contributed by atoms with E-state index >= 15 is 0 Å². The lowest BCUT2D eigenvalue weighted by Gasteiger charge is -2.29. The number of ether oxygens (including phenoxy) is 1. The Kier molecular flexibility index (Phi) is 5.80. The molecule has 0 aromatic heterocycles. The maximum atomic E-state index is 12.1. The number of rotatable bonds is 6. The Morgan fingerprint density at radius 1 is 1.29 bits per heavy atom. The molecule has 0 spiro atoms. The smallest absolute Gasteiger partial charge is 0.310 e. The van der Waals surface area contributed by atoms with Crippen LogP contribution in [0.4, 0.5) is 0 Å². The Morgan fingerprint density at radius 2 is 2.00 bits per heavy atom. The summed E-state index contributed by atoms with van der Waals surface area (Å²) in [5, 5.41) is 0. The number of carbonyl (C=O) groups excluding carboxylic acids is 1. The lowest BCUT2D eigenvalue weighted by atomic mass is 10.0. The number of likely N-dealkylation sites (tertiary alicyclic amines) is 1. The van der Waals surface area contributed by atoms with Gasteiger partial charge in [-0.05, 0) is 30.9 Å². The van der Waals surface area contributed by atoms with Crippen molar-refractivity contribution < 1.29 is 9.53 Å². The average molecular weight is 289 g/mol. The Balaban J connectivity index is 1.80. The molecule has 0 amide bonds. The number of hydrogen-bond acceptors (Lipinski definition) is 3. The largest absolute Gasteiger partial charge is 0.461 e. The average Bonchev–Trinajstić information content (AvgIpc) is 2.94. The topological polar surface area (TPSA) is 29.5 Å². The van der Waals surface area contributed by atoms with Crippen LogP contribution in [0.25, 0.3) is 0 Å². The lowest BCUT2D eigenvalue weighted by Crippen LogP contribution is -2.38. The van der Waals surface area contributed by atoms with Crippen LogP contribution in [-0.2, 0) is 16.1 Å². The van der Waals surface area contributed by atoms with E-state index in [4.69, 9.17) is 4.74 Å². The minimum Gasteiger partial charge on any atom is -0.461 e. The van der Waals surface area contributed by atoms with E-state index in [1.165, 1.54) is 12.8 Å². The van der Waals surface area contributed by atoms with Crippen LogP contribution in [0.1, 0.15) is 39.2 Å². The fourth-order valence-electron chi connectivity index (χ4n) is 3.13. The molecule has 1 saturated heterocycles. The molecule has 0 N–H and O–H groups in total. The third-order valence-electron chi connectivity index (χ3n) is 4.32. The molecule has 1 aromatic carbocycles. The van der Waals surface area contributed by atoms with Gasteiger partial charge in [-0.25, -0.2) is 0 Å². The molecule has 1 fully saturated rings. The highest BCUT2D eigenvalue weighted by molar-refractivity contribution is 5.72. The van der Waals surface area contributed by atoms with Crippen molar-refractivity contribution >= 4 is 5.97 Å². The predicted octanol–water partition coefficient (Wildman–Crippen LogP) is 3.49. The van der Waals surface area contributed by atoms with Crippen LogP contribution in [0, 0.1) is 11.8 Å². The Bertz CT molecular complexity index is 444. The highest BCUT2D eigenvalue weighted by Crippen LogP contribution is 2.24. The Labute approximate surface area is 128 Å². The summed E-state index contributed by atoms with van der Waals surface area (Å²) < 4.78 is 5.43. The lowest BCUT2D eigenvalue weighted by molar-refractivity contribution is -0.150. The first-order valence-corrected chi connectivity index (χ1v) is 8.02. The third-order valence-corrected chi connectivity index (χ3v) is 4.32. The van der Waals surface area contributed by atoms with Crippen LogP contribution in [0.3, 0.4) is 0 Å². The maximum Gasteiger partial charge on any atom is 0.310 e. The molecule has 2 unspecified atom stereocenters. The summed E-state index contributed by atoms with van der Waals surface area (Å²) in [7, 11) is 0. The molecule has 1 heterocycles. The summed E-state index contributed by atoms with van der Waals surface area (Å²) >= 11 is 0. The van der Waals surface area contributed by atoms with Gasteiger partial charge in [-0.15, -0.1) is 0 Å². The first-order chi connectivity index (χ1) is 10.1. The summed E-state index contributed by atoms with van der Waals surface area (Å²) in [4.78, 5) is 14.6. The van der Waals surface area contributed by atoms with Crippen molar-refractivity contribution in [2.45, 2.75) is 46.3 Å². The zero-order valence-electron chi connectivity index (χ0n) is 13.4. The molecule has 0 radical (unpaired) electrons. The van der Waals surface area contributed by atoms with E-state index in [9.17, 15) is 4.79 Å². The van der Waals surface area contributed by atoms with E-state index in [0.717, 1.165) is 18.7 Å². The quantitative estimate of drug-likeness (QED) is 0.751. The van der Waals surface area contributed by atoms with Crippen LogP contribution in [0.5, 0.6) is 0 Å². The van der Waals surface area contributed by atoms with Crippen molar-refractivity contribution in [1.29, 1.82) is 0 Å². The molecule has 1 aliphatic heterocycles. The fourth-order valence-corrected chi connectivity index (χ4v) is 3.13. The van der Waals surface area contributed by atoms with Gasteiger partial charge in [0.25, 0.3) is 0 Å². The standard InChI is InChI=1S/C18H27NO2/c1-14(2)17-10-7-11-19(17)12-15(3)18(20)21-13-16-8-5-4-6-9-16/h4-6,8-9,14-15,17H,7,10-13H2,1-3H3. The zero-order valence-corrected chi connectivity index (χ0v) is 13.4. The molecule has 2 rings (SSSR count). The minimum absolute atomic E-state index is 0.0620. The van der Waals surface area contributed by atoms with Gasteiger partial charge < -0.3 is 4.74 Å². The molecule has 21 heavy (non-hydrogen) atoms. The van der Waals surface area contributed by atoms with E-state index in [1.54, 1.807) is 0 Å². The molecule has 0 bridgehead atoms. The van der Waals surface area contributed by atoms with Gasteiger partial charge in [-0.1, -0.05) is 51.1 Å². The van der Waals surface area contributed by atoms with Crippen LogP contribution in [0.2, 0.25) is 0 Å². The van der Waals surface area contributed by atoms with Gasteiger partial charge in [0.2, 0.25) is 0 Å². The van der Waals surface area contributed by atoms with Crippen molar-refractivity contribution in [3.8, 4) is 0 Å². The van der Waals surface area contributed by atoms with Crippen molar-refractivity contribution in [3.63, 3.8) is 0 Å². The van der Waals surface area contributed by atoms with E-state index in [-0.39, 0.29) is 11.9 Å². The molecule has 1 aliphatic rings. The number of nitrogens with zero attached hydrogens (tertiary/aromatic N) is 1. The van der Waals surface area contributed by atoms with Crippen molar-refractivity contribution in [3.05, 3.63) is 35.9 Å². The van der Waals surface area contributed by atoms with E-state index in [0.29, 0.717) is 18.6 Å². The van der Waals surface area contributed by atoms with Gasteiger partial charge in [0.05, 0.1) is 5.92 Å². The molecule has 3 heteroatoms. The summed E-state index contributed by atoms with van der Waals surface area (Å²) in [6.07, 6.45) is 2.50. The van der Waals surface area contributed by atoms with Crippen LogP contribution < -0.4 is 0 Å². The monoisotopic (exact) mass is 289 g/mol. The second kappa shape index (κ2) is 7.60. The number of hydrogen-bond donors (Lipinski definition) is 0. The summed E-state index contributed by atoms with van der Waals surface area (Å²) in [6.45, 7) is 8.80. The highest BCUT2D eigenvalue weighted by Gasteiger charge is 2.29. The molecule has 116 valence electrons. The zero-order chi connectivity index (χ0) is 15.2. The first kappa shape index (κ1) is 16.0. The summed E-state index contributed by atoms with van der Waals surface area (Å²) in [5.74, 6) is 0.501. The molecule has 0 saturated carbocycles. The van der Waals surface area contributed by atoms with Gasteiger partial charge in [-0.2, -0.15) is 0 Å². The Hall–Kier alpha value is -1.35. The van der Waals surface area contributed by atoms with Gasteiger partial charge in [0.15, 0.2) is 0 Å². The van der Waals surface area contributed by atoms with Gasteiger partial charge in [0.1, 0.15) is 6.61 Å². The van der Waals surface area contributed by atoms with Gasteiger partial charge in [-0.3, -0.25) is 9.69 Å². The number of benzene rings is 1. The first-order valence-electron chi connectivity index (χ1n) is 8.02. The van der Waals surface area contributed by atoms with Crippen LogP contribution >= 0.6 is 0 Å². The van der Waals surface area contributed by atoms with Crippen molar-refractivity contribution in [1.82, 2.24) is 4.90 Å². The second-order valence-corrected chi connectivity index (χ2v) is 6.44. The van der Waals surface area contributed by atoms with E-state index in [2.05, 4.69) is 18.7 Å². The summed E-state index contributed by atoms with van der Waals surface area (Å²) in [5.41, 5.74) is 1.04. The van der Waals surface area contributed by atoms with Crippen molar-refractivity contribution in [2.24, 2.45) is 11.8 Å². The Morgan fingerprint density at radius 3 is 2.67 bits per heavy atom. The van der Waals surface area contributed by atoms with E-state index < -0.39 is 0 Å². The molecular formula is C18H27NO2. The predicted molar refractivity (Wildman–Crippen MR) is 84.8 cm³/mol. The number of esters is 1. The van der Waals surface area contributed by atoms with Gasteiger partial charge >= 0.3 is 5.97 Å². The normalized spacial score (nSPS) is 20.7. The maximum absolute atomic E-state index is 12.1. The second-order valence-electron chi connectivity index (χ2n) is 6.44. The molecule has 1 aromatic rings.